The van der Waals surface area contributed by atoms with Crippen molar-refractivity contribution in [2.45, 2.75) is 98.4 Å². The number of rotatable bonds is 9. The van der Waals surface area contributed by atoms with E-state index in [2.05, 4.69) is 65.8 Å². The Bertz CT molecular complexity index is 646. The molecule has 0 spiro atoms. The normalized spacial score (nSPS) is 32.2. The minimum absolute atomic E-state index is 0.144. The standard InChI is InChI=1S/C28H44O2/c1-17(2)11-26(18(3)4)22-7-9-25(10-8-22)29-28(19(5)6)30-27-23-13-20-12-21(15-23)16-24(27)14-20/h7-10,17-21,23-24,26-28H,11-16H2,1-6H3. The molecule has 0 saturated heterocycles. The summed E-state index contributed by atoms with van der Waals surface area (Å²) in [6.07, 6.45) is 8.57. The van der Waals surface area contributed by atoms with Crippen LogP contribution in [0.5, 0.6) is 5.75 Å². The number of hydrogen-bond donors (Lipinski definition) is 0. The molecule has 4 fully saturated rings. The van der Waals surface area contributed by atoms with Crippen molar-refractivity contribution >= 4 is 0 Å². The zero-order valence-electron chi connectivity index (χ0n) is 20.1. The largest absolute Gasteiger partial charge is 0.465 e. The molecule has 0 aliphatic heterocycles. The lowest BCUT2D eigenvalue weighted by Gasteiger charge is -2.54. The highest BCUT2D eigenvalue weighted by Gasteiger charge is 2.49. The second-order valence-electron chi connectivity index (χ2n) is 11.8. The van der Waals surface area contributed by atoms with Gasteiger partial charge < -0.3 is 9.47 Å². The summed E-state index contributed by atoms with van der Waals surface area (Å²) >= 11 is 0. The molecule has 30 heavy (non-hydrogen) atoms. The van der Waals surface area contributed by atoms with Crippen LogP contribution in [0.15, 0.2) is 24.3 Å². The molecule has 4 saturated carbocycles. The zero-order chi connectivity index (χ0) is 21.4. The molecule has 0 amide bonds. The van der Waals surface area contributed by atoms with Crippen molar-refractivity contribution < 1.29 is 9.47 Å². The van der Waals surface area contributed by atoms with Crippen LogP contribution in [0, 0.1) is 41.4 Å². The van der Waals surface area contributed by atoms with Gasteiger partial charge in [-0.15, -0.1) is 0 Å². The van der Waals surface area contributed by atoms with Gasteiger partial charge in [-0.3, -0.25) is 0 Å². The van der Waals surface area contributed by atoms with E-state index < -0.39 is 0 Å². The molecule has 0 radical (unpaired) electrons. The van der Waals surface area contributed by atoms with Gasteiger partial charge in [-0.05, 0) is 97.6 Å². The Balaban J connectivity index is 1.41. The summed E-state index contributed by atoms with van der Waals surface area (Å²) in [6.45, 7) is 13.8. The van der Waals surface area contributed by atoms with Gasteiger partial charge in [0, 0.05) is 5.92 Å². The lowest BCUT2D eigenvalue weighted by molar-refractivity contribution is -0.210. The second kappa shape index (κ2) is 9.23. The first-order valence-corrected chi connectivity index (χ1v) is 12.7. The molecule has 4 aliphatic carbocycles. The first-order valence-electron chi connectivity index (χ1n) is 12.7. The molecule has 1 aromatic carbocycles. The number of ether oxygens (including phenoxy) is 2. The second-order valence-corrected chi connectivity index (χ2v) is 11.8. The van der Waals surface area contributed by atoms with E-state index in [4.69, 9.17) is 9.47 Å². The predicted octanol–water partition coefficient (Wildman–Crippen LogP) is 7.67. The summed E-state index contributed by atoms with van der Waals surface area (Å²) in [4.78, 5) is 0. The monoisotopic (exact) mass is 412 g/mol. The van der Waals surface area contributed by atoms with Crippen LogP contribution in [0.1, 0.15) is 91.5 Å². The minimum Gasteiger partial charge on any atom is -0.465 e. The average molecular weight is 413 g/mol. The molecule has 1 aromatic rings. The van der Waals surface area contributed by atoms with E-state index in [1.807, 2.05) is 0 Å². The van der Waals surface area contributed by atoms with Gasteiger partial charge in [0.05, 0.1) is 6.10 Å². The highest BCUT2D eigenvalue weighted by molar-refractivity contribution is 5.30. The lowest BCUT2D eigenvalue weighted by Crippen LogP contribution is -2.51. The third-order valence-corrected chi connectivity index (χ3v) is 8.07. The first-order chi connectivity index (χ1) is 14.3. The van der Waals surface area contributed by atoms with Gasteiger partial charge in [0.2, 0.25) is 6.29 Å². The van der Waals surface area contributed by atoms with E-state index in [9.17, 15) is 0 Å². The maximum atomic E-state index is 6.74. The Labute approximate surface area is 185 Å². The molecule has 2 nitrogen and oxygen atoms in total. The molecular weight excluding hydrogens is 368 g/mol. The van der Waals surface area contributed by atoms with Gasteiger partial charge in [0.1, 0.15) is 5.75 Å². The van der Waals surface area contributed by atoms with Gasteiger partial charge in [0.25, 0.3) is 0 Å². The van der Waals surface area contributed by atoms with E-state index in [-0.39, 0.29) is 6.29 Å². The number of hydrogen-bond acceptors (Lipinski definition) is 2. The minimum atomic E-state index is -0.144. The van der Waals surface area contributed by atoms with Crippen molar-refractivity contribution in [1.82, 2.24) is 0 Å². The van der Waals surface area contributed by atoms with Gasteiger partial charge in [-0.1, -0.05) is 53.7 Å². The number of benzene rings is 1. The molecular formula is C28H44O2. The Morgan fingerprint density at radius 3 is 1.80 bits per heavy atom. The van der Waals surface area contributed by atoms with E-state index in [1.54, 1.807) is 0 Å². The Kier molecular flexibility index (Phi) is 6.82. The van der Waals surface area contributed by atoms with Crippen molar-refractivity contribution in [1.29, 1.82) is 0 Å². The molecule has 2 unspecified atom stereocenters. The first kappa shape index (κ1) is 22.2. The molecule has 4 aliphatic rings. The van der Waals surface area contributed by atoms with E-state index in [1.165, 1.54) is 44.1 Å². The third-order valence-electron chi connectivity index (χ3n) is 8.07. The molecule has 2 heteroatoms. The Hall–Kier alpha value is -1.02. The fourth-order valence-electron chi connectivity index (χ4n) is 6.80. The smallest absolute Gasteiger partial charge is 0.202 e. The zero-order valence-corrected chi connectivity index (χ0v) is 20.1. The van der Waals surface area contributed by atoms with Crippen LogP contribution in [0.3, 0.4) is 0 Å². The summed E-state index contributed by atoms with van der Waals surface area (Å²) in [6, 6.07) is 8.90. The van der Waals surface area contributed by atoms with Crippen molar-refractivity contribution in [3.8, 4) is 5.75 Å². The quantitative estimate of drug-likeness (QED) is 0.387. The topological polar surface area (TPSA) is 18.5 Å². The van der Waals surface area contributed by atoms with E-state index in [0.717, 1.165) is 29.4 Å². The van der Waals surface area contributed by atoms with Crippen molar-refractivity contribution in [2.24, 2.45) is 41.4 Å². The molecule has 2 atom stereocenters. The fourth-order valence-corrected chi connectivity index (χ4v) is 6.80. The van der Waals surface area contributed by atoms with Gasteiger partial charge >= 0.3 is 0 Å². The molecule has 168 valence electrons. The average Bonchev–Trinajstić information content (AvgIpc) is 2.67. The third kappa shape index (κ3) is 4.90. The summed E-state index contributed by atoms with van der Waals surface area (Å²) in [5.41, 5.74) is 1.44. The Morgan fingerprint density at radius 1 is 0.767 bits per heavy atom. The summed E-state index contributed by atoms with van der Waals surface area (Å²) < 4.78 is 13.2. The van der Waals surface area contributed by atoms with Crippen LogP contribution >= 0.6 is 0 Å². The highest BCUT2D eigenvalue weighted by Crippen LogP contribution is 2.55. The van der Waals surface area contributed by atoms with Crippen molar-refractivity contribution in [2.75, 3.05) is 0 Å². The van der Waals surface area contributed by atoms with E-state index in [0.29, 0.717) is 29.8 Å². The highest BCUT2D eigenvalue weighted by atomic mass is 16.7. The predicted molar refractivity (Wildman–Crippen MR) is 125 cm³/mol. The van der Waals surface area contributed by atoms with Crippen molar-refractivity contribution in [3.63, 3.8) is 0 Å². The molecule has 4 bridgehead atoms. The fraction of sp³-hybridized carbons (Fsp3) is 0.786. The van der Waals surface area contributed by atoms with Gasteiger partial charge in [0.15, 0.2) is 0 Å². The summed E-state index contributed by atoms with van der Waals surface area (Å²) in [7, 11) is 0. The maximum absolute atomic E-state index is 6.74. The van der Waals surface area contributed by atoms with Crippen LogP contribution in [-0.4, -0.2) is 12.4 Å². The van der Waals surface area contributed by atoms with Gasteiger partial charge in [-0.2, -0.15) is 0 Å². The van der Waals surface area contributed by atoms with Crippen LogP contribution in [-0.2, 0) is 4.74 Å². The van der Waals surface area contributed by atoms with Crippen LogP contribution in [0.25, 0.3) is 0 Å². The summed E-state index contributed by atoms with van der Waals surface area (Å²) in [5.74, 6) is 6.81. The van der Waals surface area contributed by atoms with Gasteiger partial charge in [-0.25, -0.2) is 0 Å². The lowest BCUT2D eigenvalue weighted by atomic mass is 9.55. The molecule has 0 N–H and O–H groups in total. The molecule has 0 heterocycles. The summed E-state index contributed by atoms with van der Waals surface area (Å²) in [5, 5.41) is 0. The SMILES string of the molecule is CC(C)CC(c1ccc(OC(OC2C3CC4CC(C3)CC2C4)C(C)C)cc1)C(C)C. The molecule has 0 aromatic heterocycles. The van der Waals surface area contributed by atoms with Crippen LogP contribution in [0.4, 0.5) is 0 Å². The maximum Gasteiger partial charge on any atom is 0.202 e. The Morgan fingerprint density at radius 2 is 1.33 bits per heavy atom. The van der Waals surface area contributed by atoms with Crippen LogP contribution < -0.4 is 4.74 Å². The molecule has 5 rings (SSSR count). The van der Waals surface area contributed by atoms with Crippen molar-refractivity contribution in [3.05, 3.63) is 29.8 Å². The van der Waals surface area contributed by atoms with E-state index >= 15 is 0 Å². The van der Waals surface area contributed by atoms with Crippen LogP contribution in [0.2, 0.25) is 0 Å².